The van der Waals surface area contributed by atoms with Gasteiger partial charge in [0, 0.05) is 18.1 Å². The molecule has 0 bridgehead atoms. The normalized spacial score (nSPS) is 9.88. The summed E-state index contributed by atoms with van der Waals surface area (Å²) in [6, 6.07) is 7.31. The molecule has 0 saturated heterocycles. The lowest BCUT2D eigenvalue weighted by atomic mass is 10.3. The van der Waals surface area contributed by atoms with Crippen molar-refractivity contribution in [1.29, 1.82) is 0 Å². The lowest BCUT2D eigenvalue weighted by molar-refractivity contribution is -0.123. The van der Waals surface area contributed by atoms with Crippen molar-refractivity contribution in [1.82, 2.24) is 5.32 Å². The van der Waals surface area contributed by atoms with Gasteiger partial charge >= 0.3 is 0 Å². The third kappa shape index (κ3) is 5.14. The molecule has 0 aliphatic heterocycles. The van der Waals surface area contributed by atoms with Gasteiger partial charge in [0.15, 0.2) is 6.61 Å². The second-order valence-corrected chi connectivity index (χ2v) is 4.00. The average molecular weight is 288 g/mol. The number of carbonyl (C=O) groups excluding carboxylic acids is 1. The molecule has 0 heterocycles. The van der Waals surface area contributed by atoms with Crippen molar-refractivity contribution in [2.45, 2.75) is 0 Å². The van der Waals surface area contributed by atoms with E-state index in [-0.39, 0.29) is 12.5 Å². The molecule has 0 radical (unpaired) electrons. The van der Waals surface area contributed by atoms with Crippen molar-refractivity contribution >= 4 is 21.8 Å². The third-order valence-electron chi connectivity index (χ3n) is 1.81. The van der Waals surface area contributed by atoms with Crippen LogP contribution < -0.4 is 10.1 Å². The van der Waals surface area contributed by atoms with Crippen molar-refractivity contribution < 1.29 is 14.3 Å². The number of hydrogen-bond donors (Lipinski definition) is 1. The zero-order chi connectivity index (χ0) is 11.8. The lowest BCUT2D eigenvalue weighted by Gasteiger charge is -2.06. The summed E-state index contributed by atoms with van der Waals surface area (Å²) in [5.74, 6) is 0.519. The summed E-state index contributed by atoms with van der Waals surface area (Å²) in [5.41, 5.74) is 0. The van der Waals surface area contributed by atoms with Crippen molar-refractivity contribution in [3.63, 3.8) is 0 Å². The highest BCUT2D eigenvalue weighted by Gasteiger charge is 2.01. The van der Waals surface area contributed by atoms with E-state index in [1.54, 1.807) is 19.2 Å². The lowest BCUT2D eigenvalue weighted by Crippen LogP contribution is -2.31. The minimum Gasteiger partial charge on any atom is -0.484 e. The summed E-state index contributed by atoms with van der Waals surface area (Å²) in [7, 11) is 1.59. The van der Waals surface area contributed by atoms with Crippen LogP contribution in [0.15, 0.2) is 28.7 Å². The molecule has 1 N–H and O–H groups in total. The molecule has 1 aromatic carbocycles. The van der Waals surface area contributed by atoms with Gasteiger partial charge in [0.1, 0.15) is 5.75 Å². The fourth-order valence-electron chi connectivity index (χ4n) is 1.02. The van der Waals surface area contributed by atoms with Crippen LogP contribution in [0.5, 0.6) is 5.75 Å². The van der Waals surface area contributed by atoms with Gasteiger partial charge in [0.05, 0.1) is 6.61 Å². The van der Waals surface area contributed by atoms with Crippen molar-refractivity contribution in [3.8, 4) is 5.75 Å². The standard InChI is InChI=1S/C11H14BrNO3/c1-15-7-6-13-11(14)8-16-10-4-2-9(12)3-5-10/h2-5H,6-8H2,1H3,(H,13,14). The molecule has 0 saturated carbocycles. The van der Waals surface area contributed by atoms with Crippen LogP contribution in [0.25, 0.3) is 0 Å². The van der Waals surface area contributed by atoms with Gasteiger partial charge in [-0.05, 0) is 24.3 Å². The molecule has 5 heteroatoms. The largest absolute Gasteiger partial charge is 0.484 e. The molecule has 1 aromatic rings. The smallest absolute Gasteiger partial charge is 0.258 e. The van der Waals surface area contributed by atoms with Gasteiger partial charge < -0.3 is 14.8 Å². The summed E-state index contributed by atoms with van der Waals surface area (Å²) in [5, 5.41) is 2.67. The predicted molar refractivity (Wildman–Crippen MR) is 64.5 cm³/mol. The Balaban J connectivity index is 2.23. The molecular formula is C11H14BrNO3. The fourth-order valence-corrected chi connectivity index (χ4v) is 1.29. The summed E-state index contributed by atoms with van der Waals surface area (Å²) in [4.78, 5) is 11.3. The number of ether oxygens (including phenoxy) is 2. The van der Waals surface area contributed by atoms with Crippen LogP contribution in [0, 0.1) is 0 Å². The Labute approximate surface area is 103 Å². The van der Waals surface area contributed by atoms with E-state index in [1.807, 2.05) is 12.1 Å². The molecule has 0 aliphatic carbocycles. The maximum Gasteiger partial charge on any atom is 0.258 e. The SMILES string of the molecule is COCCNC(=O)COc1ccc(Br)cc1. The molecule has 4 nitrogen and oxygen atoms in total. The minimum absolute atomic E-state index is 0.0192. The molecule has 0 spiro atoms. The highest BCUT2D eigenvalue weighted by atomic mass is 79.9. The second kappa shape index (κ2) is 7.24. The van der Waals surface area contributed by atoms with Gasteiger partial charge in [-0.3, -0.25) is 4.79 Å². The number of carbonyl (C=O) groups is 1. The number of halogens is 1. The zero-order valence-electron chi connectivity index (χ0n) is 9.03. The van der Waals surface area contributed by atoms with Crippen molar-refractivity contribution in [3.05, 3.63) is 28.7 Å². The van der Waals surface area contributed by atoms with E-state index in [1.165, 1.54) is 0 Å². The highest BCUT2D eigenvalue weighted by molar-refractivity contribution is 9.10. The predicted octanol–water partition coefficient (Wildman–Crippen LogP) is 1.59. The molecule has 1 rings (SSSR count). The van der Waals surface area contributed by atoms with Crippen LogP contribution >= 0.6 is 15.9 Å². The number of methoxy groups -OCH3 is 1. The van der Waals surface area contributed by atoms with Crippen LogP contribution in [0.1, 0.15) is 0 Å². The van der Waals surface area contributed by atoms with Gasteiger partial charge in [-0.25, -0.2) is 0 Å². The Bertz CT molecular complexity index is 327. The Morgan fingerprint density at radius 3 is 2.69 bits per heavy atom. The first-order valence-corrected chi connectivity index (χ1v) is 5.65. The molecule has 0 atom stereocenters. The number of amides is 1. The van der Waals surface area contributed by atoms with E-state index >= 15 is 0 Å². The van der Waals surface area contributed by atoms with E-state index in [0.717, 1.165) is 4.47 Å². The van der Waals surface area contributed by atoms with E-state index in [4.69, 9.17) is 9.47 Å². The topological polar surface area (TPSA) is 47.6 Å². The van der Waals surface area contributed by atoms with Crippen LogP contribution in [0.2, 0.25) is 0 Å². The van der Waals surface area contributed by atoms with Crippen LogP contribution in [0.3, 0.4) is 0 Å². The van der Waals surface area contributed by atoms with E-state index in [2.05, 4.69) is 21.2 Å². The number of rotatable bonds is 6. The van der Waals surface area contributed by atoms with E-state index in [0.29, 0.717) is 18.9 Å². The first-order valence-electron chi connectivity index (χ1n) is 4.86. The van der Waals surface area contributed by atoms with Gasteiger partial charge in [0.2, 0.25) is 0 Å². The molecule has 0 aromatic heterocycles. The van der Waals surface area contributed by atoms with Gasteiger partial charge in [-0.2, -0.15) is 0 Å². The molecule has 88 valence electrons. The quantitative estimate of drug-likeness (QED) is 0.809. The van der Waals surface area contributed by atoms with Crippen molar-refractivity contribution in [2.75, 3.05) is 26.9 Å². The first kappa shape index (κ1) is 13.0. The van der Waals surface area contributed by atoms with Crippen LogP contribution in [-0.2, 0) is 9.53 Å². The monoisotopic (exact) mass is 287 g/mol. The summed E-state index contributed by atoms with van der Waals surface area (Å²) in [6.07, 6.45) is 0. The zero-order valence-corrected chi connectivity index (χ0v) is 10.6. The molecule has 0 unspecified atom stereocenters. The Morgan fingerprint density at radius 2 is 2.06 bits per heavy atom. The van der Waals surface area contributed by atoms with E-state index < -0.39 is 0 Å². The van der Waals surface area contributed by atoms with Gasteiger partial charge in [-0.1, -0.05) is 15.9 Å². The molecular weight excluding hydrogens is 274 g/mol. The van der Waals surface area contributed by atoms with Crippen molar-refractivity contribution in [2.24, 2.45) is 0 Å². The Morgan fingerprint density at radius 1 is 1.38 bits per heavy atom. The number of hydrogen-bond acceptors (Lipinski definition) is 3. The van der Waals surface area contributed by atoms with Crippen LogP contribution in [0.4, 0.5) is 0 Å². The van der Waals surface area contributed by atoms with Gasteiger partial charge in [-0.15, -0.1) is 0 Å². The highest BCUT2D eigenvalue weighted by Crippen LogP contribution is 2.15. The Kier molecular flexibility index (Phi) is 5.88. The maximum absolute atomic E-state index is 11.3. The van der Waals surface area contributed by atoms with Gasteiger partial charge in [0.25, 0.3) is 5.91 Å². The third-order valence-corrected chi connectivity index (χ3v) is 2.34. The molecule has 16 heavy (non-hydrogen) atoms. The maximum atomic E-state index is 11.3. The van der Waals surface area contributed by atoms with E-state index in [9.17, 15) is 4.79 Å². The Hall–Kier alpha value is -1.07. The fraction of sp³-hybridized carbons (Fsp3) is 0.364. The molecule has 0 aliphatic rings. The molecule has 1 amide bonds. The summed E-state index contributed by atoms with van der Waals surface area (Å²) < 4.78 is 11.1. The first-order chi connectivity index (χ1) is 7.72. The average Bonchev–Trinajstić information content (AvgIpc) is 2.29. The molecule has 0 fully saturated rings. The second-order valence-electron chi connectivity index (χ2n) is 3.09. The minimum atomic E-state index is -0.153. The number of benzene rings is 1. The number of nitrogens with one attached hydrogen (secondary N) is 1. The summed E-state index contributed by atoms with van der Waals surface area (Å²) >= 11 is 3.32. The van der Waals surface area contributed by atoms with Crippen LogP contribution in [-0.4, -0.2) is 32.8 Å². The summed E-state index contributed by atoms with van der Waals surface area (Å²) in [6.45, 7) is 1.02.